The molecule has 0 spiro atoms. The van der Waals surface area contributed by atoms with Gasteiger partial charge in [0.05, 0.1) is 12.8 Å². The third-order valence-corrected chi connectivity index (χ3v) is 4.06. The zero-order valence-corrected chi connectivity index (χ0v) is 16.5. The molecule has 0 aliphatic heterocycles. The number of hydrazone groups is 1. The fourth-order valence-corrected chi connectivity index (χ4v) is 2.28. The van der Waals surface area contributed by atoms with Crippen LogP contribution in [0, 0.1) is 0 Å². The third kappa shape index (κ3) is 6.88. The Hall–Kier alpha value is -2.34. The summed E-state index contributed by atoms with van der Waals surface area (Å²) < 4.78 is 12.1. The molecule has 0 heterocycles. The predicted molar refractivity (Wildman–Crippen MR) is 107 cm³/mol. The Balaban J connectivity index is 1.79. The zero-order chi connectivity index (χ0) is 18.8. The molecule has 1 N–H and O–H groups in total. The quantitative estimate of drug-likeness (QED) is 0.369. The molecular weight excluding hydrogens is 396 g/mol. The first-order chi connectivity index (χ1) is 12.6. The summed E-state index contributed by atoms with van der Waals surface area (Å²) in [5.41, 5.74) is 3.35. The average Bonchev–Trinajstić information content (AvgIpc) is 2.65. The summed E-state index contributed by atoms with van der Waals surface area (Å²) in [4.78, 5) is 12.0. The number of rotatable bonds is 9. The van der Waals surface area contributed by atoms with E-state index in [1.165, 1.54) is 0 Å². The van der Waals surface area contributed by atoms with Crippen LogP contribution in [0.15, 0.2) is 58.1 Å². The highest BCUT2D eigenvalue weighted by atomic mass is 79.9. The molecule has 2 aromatic carbocycles. The molecule has 0 saturated carbocycles. The van der Waals surface area contributed by atoms with Crippen molar-refractivity contribution in [3.05, 3.63) is 58.6 Å². The normalized spacial score (nSPS) is 12.0. The molecule has 138 valence electrons. The minimum Gasteiger partial charge on any atom is -0.494 e. The maximum Gasteiger partial charge on any atom is 0.280 e. The fraction of sp³-hybridized carbons (Fsp3) is 0.300. The summed E-state index contributed by atoms with van der Waals surface area (Å²) in [5.74, 6) is 1.14. The molecule has 0 bridgehead atoms. The molecule has 0 aliphatic carbocycles. The van der Waals surface area contributed by atoms with Gasteiger partial charge in [-0.3, -0.25) is 4.79 Å². The second-order valence-electron chi connectivity index (χ2n) is 5.72. The first-order valence-corrected chi connectivity index (χ1v) is 9.36. The molecule has 2 aromatic rings. The lowest BCUT2D eigenvalue weighted by atomic mass is 10.2. The first kappa shape index (κ1) is 20.0. The van der Waals surface area contributed by atoms with Crippen molar-refractivity contribution in [1.82, 2.24) is 5.43 Å². The van der Waals surface area contributed by atoms with Crippen LogP contribution in [0.2, 0.25) is 0 Å². The van der Waals surface area contributed by atoms with Gasteiger partial charge < -0.3 is 9.47 Å². The van der Waals surface area contributed by atoms with E-state index in [1.54, 1.807) is 25.3 Å². The molecule has 0 aliphatic rings. The van der Waals surface area contributed by atoms with Gasteiger partial charge in [0, 0.05) is 4.47 Å². The first-order valence-electron chi connectivity index (χ1n) is 8.56. The molecular formula is C20H23BrN2O3. The molecule has 0 saturated heterocycles. The van der Waals surface area contributed by atoms with E-state index in [-0.39, 0.29) is 5.91 Å². The summed E-state index contributed by atoms with van der Waals surface area (Å²) >= 11 is 3.36. The van der Waals surface area contributed by atoms with E-state index < -0.39 is 6.10 Å². The highest BCUT2D eigenvalue weighted by Gasteiger charge is 2.13. The number of nitrogens with zero attached hydrogens (tertiary/aromatic N) is 1. The molecule has 2 rings (SSSR count). The summed E-state index contributed by atoms with van der Waals surface area (Å²) in [6.45, 7) is 4.52. The number of hydrogen-bond acceptors (Lipinski definition) is 4. The summed E-state index contributed by atoms with van der Waals surface area (Å²) in [5, 5.41) is 3.97. The number of benzene rings is 2. The van der Waals surface area contributed by atoms with Gasteiger partial charge in [-0.1, -0.05) is 29.3 Å². The van der Waals surface area contributed by atoms with Crippen LogP contribution in [0.3, 0.4) is 0 Å². The monoisotopic (exact) mass is 418 g/mol. The van der Waals surface area contributed by atoms with Gasteiger partial charge in [0.1, 0.15) is 11.5 Å². The Morgan fingerprint density at radius 2 is 1.81 bits per heavy atom. The van der Waals surface area contributed by atoms with Gasteiger partial charge in [0.15, 0.2) is 6.10 Å². The second-order valence-corrected chi connectivity index (χ2v) is 6.63. The van der Waals surface area contributed by atoms with E-state index in [0.717, 1.165) is 35.2 Å². The van der Waals surface area contributed by atoms with Crippen LogP contribution in [0.25, 0.3) is 0 Å². The van der Waals surface area contributed by atoms with Crippen LogP contribution >= 0.6 is 15.9 Å². The van der Waals surface area contributed by atoms with Crippen molar-refractivity contribution in [3.63, 3.8) is 0 Å². The van der Waals surface area contributed by atoms with E-state index in [0.29, 0.717) is 5.75 Å². The lowest BCUT2D eigenvalue weighted by Gasteiger charge is -2.12. The van der Waals surface area contributed by atoms with Crippen LogP contribution in [-0.4, -0.2) is 24.8 Å². The van der Waals surface area contributed by atoms with Gasteiger partial charge in [0.2, 0.25) is 0 Å². The van der Waals surface area contributed by atoms with Gasteiger partial charge in [-0.25, -0.2) is 5.43 Å². The lowest BCUT2D eigenvalue weighted by molar-refractivity contribution is -0.127. The second kappa shape index (κ2) is 10.6. The van der Waals surface area contributed by atoms with E-state index in [9.17, 15) is 4.79 Å². The van der Waals surface area contributed by atoms with E-state index >= 15 is 0 Å². The van der Waals surface area contributed by atoms with Crippen LogP contribution in [0.1, 0.15) is 32.3 Å². The van der Waals surface area contributed by atoms with Crippen molar-refractivity contribution >= 4 is 28.1 Å². The third-order valence-electron chi connectivity index (χ3n) is 3.53. The maximum atomic E-state index is 12.0. The highest BCUT2D eigenvalue weighted by Crippen LogP contribution is 2.17. The molecule has 26 heavy (non-hydrogen) atoms. The number of nitrogens with one attached hydrogen (secondary N) is 1. The Labute approximate surface area is 162 Å². The van der Waals surface area contributed by atoms with Gasteiger partial charge >= 0.3 is 0 Å². The maximum absolute atomic E-state index is 12.0. The number of carbonyl (C=O) groups is 1. The van der Waals surface area contributed by atoms with Crippen molar-refractivity contribution < 1.29 is 14.3 Å². The van der Waals surface area contributed by atoms with Crippen LogP contribution < -0.4 is 14.9 Å². The van der Waals surface area contributed by atoms with Crippen molar-refractivity contribution in [2.24, 2.45) is 5.10 Å². The van der Waals surface area contributed by atoms with Crippen molar-refractivity contribution in [2.45, 2.75) is 32.8 Å². The molecule has 0 fully saturated rings. The molecule has 1 amide bonds. The summed E-state index contributed by atoms with van der Waals surface area (Å²) in [6.07, 6.45) is 3.08. The number of halogens is 1. The van der Waals surface area contributed by atoms with E-state index in [4.69, 9.17) is 9.47 Å². The van der Waals surface area contributed by atoms with Gasteiger partial charge in [-0.15, -0.1) is 0 Å². The number of hydrogen-bond donors (Lipinski definition) is 1. The molecule has 1 unspecified atom stereocenters. The number of ether oxygens (including phenoxy) is 2. The standard InChI is InChI=1S/C20H23BrN2O3/c1-3-4-13-25-18-9-5-16(6-10-18)14-22-23-20(24)15(2)26-19-11-7-17(21)8-12-19/h5-12,14-15H,3-4,13H2,1-2H3,(H,23,24). The number of unbranched alkanes of at least 4 members (excludes halogenated alkanes) is 1. The summed E-state index contributed by atoms with van der Waals surface area (Å²) in [6, 6.07) is 14.8. The predicted octanol–water partition coefficient (Wildman–Crippen LogP) is 4.55. The Morgan fingerprint density at radius 3 is 2.46 bits per heavy atom. The highest BCUT2D eigenvalue weighted by molar-refractivity contribution is 9.10. The Morgan fingerprint density at radius 1 is 1.15 bits per heavy atom. The van der Waals surface area contributed by atoms with Gasteiger partial charge in [0.25, 0.3) is 5.91 Å². The number of amides is 1. The topological polar surface area (TPSA) is 59.9 Å². The SMILES string of the molecule is CCCCOc1ccc(C=NNC(=O)C(C)Oc2ccc(Br)cc2)cc1. The van der Waals surface area contributed by atoms with Crippen molar-refractivity contribution in [1.29, 1.82) is 0 Å². The van der Waals surface area contributed by atoms with E-state index in [2.05, 4.69) is 33.4 Å². The lowest BCUT2D eigenvalue weighted by Crippen LogP contribution is -2.33. The smallest absolute Gasteiger partial charge is 0.280 e. The molecule has 1 atom stereocenters. The Bertz CT molecular complexity index is 715. The molecule has 0 radical (unpaired) electrons. The molecule has 5 nitrogen and oxygen atoms in total. The molecule has 0 aromatic heterocycles. The molecule has 6 heteroatoms. The Kier molecular flexibility index (Phi) is 8.15. The van der Waals surface area contributed by atoms with Crippen molar-refractivity contribution in [3.8, 4) is 11.5 Å². The minimum absolute atomic E-state index is 0.316. The zero-order valence-electron chi connectivity index (χ0n) is 14.9. The van der Waals surface area contributed by atoms with Crippen LogP contribution in [0.5, 0.6) is 11.5 Å². The average molecular weight is 419 g/mol. The van der Waals surface area contributed by atoms with Crippen LogP contribution in [0.4, 0.5) is 0 Å². The van der Waals surface area contributed by atoms with Crippen molar-refractivity contribution in [2.75, 3.05) is 6.61 Å². The van der Waals surface area contributed by atoms with E-state index in [1.807, 2.05) is 36.4 Å². The van der Waals surface area contributed by atoms with Gasteiger partial charge in [-0.05, 0) is 67.4 Å². The summed E-state index contributed by atoms with van der Waals surface area (Å²) in [7, 11) is 0. The van der Waals surface area contributed by atoms with Crippen LogP contribution in [-0.2, 0) is 4.79 Å². The number of carbonyl (C=O) groups excluding carboxylic acids is 1. The van der Waals surface area contributed by atoms with Gasteiger partial charge in [-0.2, -0.15) is 5.10 Å². The fourth-order valence-electron chi connectivity index (χ4n) is 2.02. The largest absolute Gasteiger partial charge is 0.494 e. The minimum atomic E-state index is -0.650.